The highest BCUT2D eigenvalue weighted by atomic mass is 32.1. The van der Waals surface area contributed by atoms with Gasteiger partial charge in [-0.1, -0.05) is 0 Å². The zero-order valence-corrected chi connectivity index (χ0v) is 22.4. The van der Waals surface area contributed by atoms with Gasteiger partial charge in [0.2, 0.25) is 23.3 Å². The second kappa shape index (κ2) is 13.4. The van der Waals surface area contributed by atoms with E-state index in [1.54, 1.807) is 0 Å². The minimum Gasteiger partial charge on any atom is -0.431 e. The Hall–Kier alpha value is -3.86. The van der Waals surface area contributed by atoms with Gasteiger partial charge in [-0.25, -0.2) is 14.4 Å². The maximum atomic E-state index is 13.8. The zero-order chi connectivity index (χ0) is 31.2. The minimum atomic E-state index is -4.88. The number of Topliss-reactive ketones (excluding diaryl/α,β-unsaturated/α-hetero) is 1. The van der Waals surface area contributed by atoms with Crippen LogP contribution in [0.3, 0.4) is 0 Å². The molecule has 1 aromatic carbocycles. The van der Waals surface area contributed by atoms with E-state index >= 15 is 0 Å². The molecule has 3 aromatic rings. The fourth-order valence-electron chi connectivity index (χ4n) is 3.64. The third-order valence-electron chi connectivity index (χ3n) is 5.69. The molecule has 17 heteroatoms. The number of aromatic nitrogens is 2. The number of aliphatic hydroxyl groups is 1. The van der Waals surface area contributed by atoms with E-state index in [1.165, 1.54) is 18.5 Å². The van der Waals surface area contributed by atoms with Crippen molar-refractivity contribution in [3.05, 3.63) is 58.1 Å². The van der Waals surface area contributed by atoms with Crippen LogP contribution < -0.4 is 10.6 Å². The standard InChI is InChI=1S/C25H23F7N4O5S/c1-12(37)2-3-17(20(39)35-16(4-5-24(27,28)29)19(38)23-33-6-7-42-23)36-21(40)18-11-34-22(41-18)13-8-14(25(30,31)32)10-15(26)9-13/h6-12,16-17,37H,2-5H2,1H3,(H,35,39)(H,36,40)/t12?,16-,17-/m0/s1. The zero-order valence-electron chi connectivity index (χ0n) is 21.6. The summed E-state index contributed by atoms with van der Waals surface area (Å²) < 4.78 is 96.8. The van der Waals surface area contributed by atoms with E-state index in [1.807, 2.05) is 0 Å². The summed E-state index contributed by atoms with van der Waals surface area (Å²) in [6, 6.07) is -1.64. The van der Waals surface area contributed by atoms with Crippen LogP contribution in [0.5, 0.6) is 0 Å². The van der Waals surface area contributed by atoms with Gasteiger partial charge in [0.05, 0.1) is 23.9 Å². The first-order chi connectivity index (χ1) is 19.5. The second-order valence-electron chi connectivity index (χ2n) is 9.12. The van der Waals surface area contributed by atoms with Crippen LogP contribution in [-0.4, -0.2) is 57.0 Å². The van der Waals surface area contributed by atoms with Crippen molar-refractivity contribution < 1.29 is 54.6 Å². The van der Waals surface area contributed by atoms with Crippen LogP contribution in [0.2, 0.25) is 0 Å². The number of alkyl halides is 6. The van der Waals surface area contributed by atoms with Gasteiger partial charge < -0.3 is 20.2 Å². The first-order valence-corrected chi connectivity index (χ1v) is 13.0. The smallest absolute Gasteiger partial charge is 0.416 e. The van der Waals surface area contributed by atoms with Crippen LogP contribution in [0.1, 0.15) is 58.5 Å². The van der Waals surface area contributed by atoms with E-state index in [0.717, 1.165) is 17.5 Å². The number of halogens is 7. The lowest BCUT2D eigenvalue weighted by Crippen LogP contribution is -2.52. The summed E-state index contributed by atoms with van der Waals surface area (Å²) in [6.45, 7) is 1.38. The largest absolute Gasteiger partial charge is 0.431 e. The van der Waals surface area contributed by atoms with E-state index in [-0.39, 0.29) is 23.9 Å². The lowest BCUT2D eigenvalue weighted by molar-refractivity contribution is -0.138. The molecular weight excluding hydrogens is 601 g/mol. The highest BCUT2D eigenvalue weighted by molar-refractivity contribution is 7.11. The number of oxazole rings is 1. The van der Waals surface area contributed by atoms with Crippen molar-refractivity contribution in [2.45, 2.75) is 63.1 Å². The summed E-state index contributed by atoms with van der Waals surface area (Å²) in [4.78, 5) is 46.1. The number of hydrogen-bond acceptors (Lipinski definition) is 8. The summed E-state index contributed by atoms with van der Waals surface area (Å²) in [6.07, 6.45) is -10.9. The van der Waals surface area contributed by atoms with Gasteiger partial charge in [0, 0.05) is 23.6 Å². The molecule has 42 heavy (non-hydrogen) atoms. The number of aliphatic hydroxyl groups excluding tert-OH is 1. The number of hydrogen-bond donors (Lipinski definition) is 3. The molecule has 3 rings (SSSR count). The molecule has 1 unspecified atom stereocenters. The Kier molecular flexibility index (Phi) is 10.4. The SMILES string of the molecule is CC(O)CC[C@H](NC(=O)c1cnc(-c2cc(F)cc(C(F)(F)F)c2)o1)C(=O)N[C@@H](CCC(F)(F)F)C(=O)c1nccs1. The second-order valence-corrected chi connectivity index (χ2v) is 10.0. The minimum absolute atomic E-state index is 0.0584. The third kappa shape index (κ3) is 9.34. The lowest BCUT2D eigenvalue weighted by Gasteiger charge is -2.23. The molecule has 0 bridgehead atoms. The predicted molar refractivity (Wildman–Crippen MR) is 133 cm³/mol. The van der Waals surface area contributed by atoms with Crippen LogP contribution in [-0.2, 0) is 11.0 Å². The Morgan fingerprint density at radius 2 is 1.71 bits per heavy atom. The van der Waals surface area contributed by atoms with Gasteiger partial charge in [0.15, 0.2) is 5.01 Å². The van der Waals surface area contributed by atoms with Crippen molar-refractivity contribution in [3.63, 3.8) is 0 Å². The highest BCUT2D eigenvalue weighted by Crippen LogP contribution is 2.33. The number of benzene rings is 1. The molecule has 0 spiro atoms. The fraction of sp³-hybridized carbons (Fsp3) is 0.400. The maximum Gasteiger partial charge on any atom is 0.416 e. The molecule has 3 N–H and O–H groups in total. The maximum absolute atomic E-state index is 13.8. The first kappa shape index (κ1) is 32.7. The van der Waals surface area contributed by atoms with Crippen LogP contribution in [0.15, 0.2) is 40.4 Å². The molecule has 0 fully saturated rings. The van der Waals surface area contributed by atoms with Crippen molar-refractivity contribution in [1.29, 1.82) is 0 Å². The molecule has 0 aliphatic heterocycles. The summed E-state index contributed by atoms with van der Waals surface area (Å²) in [5.74, 6) is -5.42. The molecule has 228 valence electrons. The van der Waals surface area contributed by atoms with E-state index in [0.29, 0.717) is 12.1 Å². The Bertz CT molecular complexity index is 1390. The van der Waals surface area contributed by atoms with Crippen molar-refractivity contribution in [3.8, 4) is 11.5 Å². The predicted octanol–water partition coefficient (Wildman–Crippen LogP) is 4.93. The third-order valence-corrected chi connectivity index (χ3v) is 6.48. The molecule has 0 aliphatic rings. The average Bonchev–Trinajstić information content (AvgIpc) is 3.60. The molecular formula is C25H23F7N4O5S. The van der Waals surface area contributed by atoms with Gasteiger partial charge in [-0.15, -0.1) is 11.3 Å². The Labute approximate surface area is 237 Å². The number of nitrogens with zero attached hydrogens (tertiary/aromatic N) is 2. The number of amides is 2. The van der Waals surface area contributed by atoms with Crippen LogP contribution in [0, 0.1) is 5.82 Å². The number of carbonyl (C=O) groups excluding carboxylic acids is 3. The Balaban J connectivity index is 1.80. The number of rotatable bonds is 12. The lowest BCUT2D eigenvalue weighted by atomic mass is 10.0. The Morgan fingerprint density at radius 3 is 2.31 bits per heavy atom. The highest BCUT2D eigenvalue weighted by Gasteiger charge is 2.35. The molecule has 9 nitrogen and oxygen atoms in total. The molecule has 0 saturated heterocycles. The molecule has 2 heterocycles. The first-order valence-electron chi connectivity index (χ1n) is 12.2. The normalized spacial score (nSPS) is 14.2. The fourth-order valence-corrected chi connectivity index (χ4v) is 4.27. The average molecular weight is 625 g/mol. The molecule has 2 amide bonds. The topological polar surface area (TPSA) is 134 Å². The number of thiazole rings is 1. The summed E-state index contributed by atoms with van der Waals surface area (Å²) in [7, 11) is 0. The van der Waals surface area contributed by atoms with Gasteiger partial charge in [0.25, 0.3) is 5.91 Å². The van der Waals surface area contributed by atoms with Crippen molar-refractivity contribution in [2.75, 3.05) is 0 Å². The number of carbonyl (C=O) groups is 3. The number of nitrogens with one attached hydrogen (secondary N) is 2. The molecule has 0 saturated carbocycles. The van der Waals surface area contributed by atoms with Crippen molar-refractivity contribution in [1.82, 2.24) is 20.6 Å². The van der Waals surface area contributed by atoms with Crippen molar-refractivity contribution in [2.24, 2.45) is 0 Å². The molecule has 3 atom stereocenters. The van der Waals surface area contributed by atoms with E-state index in [9.17, 15) is 50.2 Å². The van der Waals surface area contributed by atoms with Crippen molar-refractivity contribution >= 4 is 28.9 Å². The van der Waals surface area contributed by atoms with Gasteiger partial charge in [-0.05, 0) is 44.4 Å². The molecule has 2 aromatic heterocycles. The van der Waals surface area contributed by atoms with Gasteiger partial charge >= 0.3 is 12.4 Å². The quantitative estimate of drug-likeness (QED) is 0.192. The summed E-state index contributed by atoms with van der Waals surface area (Å²) in [5, 5.41) is 15.4. The molecule has 0 radical (unpaired) electrons. The monoisotopic (exact) mass is 624 g/mol. The number of ketones is 1. The Morgan fingerprint density at radius 1 is 1.00 bits per heavy atom. The summed E-state index contributed by atoms with van der Waals surface area (Å²) in [5.41, 5.74) is -1.76. The van der Waals surface area contributed by atoms with E-state index in [2.05, 4.69) is 20.6 Å². The van der Waals surface area contributed by atoms with Gasteiger partial charge in [-0.2, -0.15) is 26.3 Å². The molecule has 0 aliphatic carbocycles. The summed E-state index contributed by atoms with van der Waals surface area (Å²) >= 11 is 0.853. The van der Waals surface area contributed by atoms with Crippen LogP contribution >= 0.6 is 11.3 Å². The van der Waals surface area contributed by atoms with Crippen LogP contribution in [0.4, 0.5) is 30.7 Å². The van der Waals surface area contributed by atoms with Crippen LogP contribution in [0.25, 0.3) is 11.5 Å². The van der Waals surface area contributed by atoms with E-state index < -0.39 is 89.6 Å². The van der Waals surface area contributed by atoms with Gasteiger partial charge in [0.1, 0.15) is 11.9 Å². The van der Waals surface area contributed by atoms with E-state index in [4.69, 9.17) is 4.42 Å². The van der Waals surface area contributed by atoms with Gasteiger partial charge in [-0.3, -0.25) is 14.4 Å².